The minimum Gasteiger partial charge on any atom is -0.454 e. The molecule has 20 atom stereocenters. The van der Waals surface area contributed by atoms with E-state index < -0.39 is 195 Å². The van der Waals surface area contributed by atoms with Crippen molar-refractivity contribution in [3.63, 3.8) is 0 Å². The lowest BCUT2D eigenvalue weighted by molar-refractivity contribution is -0.361. The number of rotatable bonds is 43. The molecule has 8 aromatic rings. The third-order valence-corrected chi connectivity index (χ3v) is 22.4. The molecule has 130 heavy (non-hydrogen) atoms. The van der Waals surface area contributed by atoms with Crippen molar-refractivity contribution in [2.75, 3.05) is 33.0 Å². The quantitative estimate of drug-likeness (QED) is 0.0161. The van der Waals surface area contributed by atoms with Crippen molar-refractivity contribution in [2.45, 2.75) is 272 Å². The van der Waals surface area contributed by atoms with Crippen LogP contribution in [0.2, 0.25) is 0 Å². The molecule has 0 spiro atoms. The lowest BCUT2D eigenvalue weighted by Gasteiger charge is -2.49. The molecule has 25 heteroatoms. The third-order valence-electron chi connectivity index (χ3n) is 22.4. The number of carbonyl (C=O) groups is 4. The summed E-state index contributed by atoms with van der Waals surface area (Å²) in [5, 5.41) is 11.6. The number of hydrogen-bond donors (Lipinski definition) is 1. The highest BCUT2D eigenvalue weighted by Crippen LogP contribution is 2.41. The molecule has 4 fully saturated rings. The zero-order chi connectivity index (χ0) is 92.2. The highest BCUT2D eigenvalue weighted by molar-refractivity contribution is 5.77. The Hall–Kier alpha value is -9.30. The highest BCUT2D eigenvalue weighted by Gasteiger charge is 2.58. The van der Waals surface area contributed by atoms with Crippen molar-refractivity contribution in [2.24, 2.45) is 21.7 Å². The molecule has 0 radical (unpaired) electrons. The van der Waals surface area contributed by atoms with Crippen molar-refractivity contribution in [1.29, 1.82) is 0 Å². The fourth-order valence-corrected chi connectivity index (χ4v) is 15.0. The maximum absolute atomic E-state index is 15.2. The number of hydrogen-bond acceptors (Lipinski definition) is 25. The Balaban J connectivity index is 0.978. The van der Waals surface area contributed by atoms with E-state index in [9.17, 15) is 14.7 Å². The van der Waals surface area contributed by atoms with E-state index in [4.69, 9.17) is 94.7 Å². The molecular formula is C105H130O25. The Bertz CT molecular complexity index is 4670. The van der Waals surface area contributed by atoms with Gasteiger partial charge in [-0.2, -0.15) is 0 Å². The number of aliphatic hydroxyl groups excluding tert-OH is 1. The monoisotopic (exact) mass is 1790 g/mol. The molecule has 4 saturated heterocycles. The predicted octanol–water partition coefficient (Wildman–Crippen LogP) is 16.4. The number of esters is 4. The summed E-state index contributed by atoms with van der Waals surface area (Å²) >= 11 is 0. The number of unbranched alkanes of at least 4 members (excludes halogenated alkanes) is 1. The average Bonchev–Trinajstić information content (AvgIpc) is 0.730. The smallest absolute Gasteiger partial charge is 0.311 e. The van der Waals surface area contributed by atoms with Crippen LogP contribution in [0.5, 0.6) is 0 Å². The van der Waals surface area contributed by atoms with Crippen molar-refractivity contribution in [3.8, 4) is 0 Å². The summed E-state index contributed by atoms with van der Waals surface area (Å²) in [6.45, 7) is 23.0. The van der Waals surface area contributed by atoms with Crippen LogP contribution in [0.25, 0.3) is 0 Å². The topological polar surface area (TPSA) is 273 Å². The normalized spacial score (nSPS) is 26.1. The molecule has 0 saturated carbocycles. The molecular weight excluding hydrogens is 1660 g/mol. The summed E-state index contributed by atoms with van der Waals surface area (Å²) in [6.07, 6.45) is -23.1. The number of ether oxygens (including phenoxy) is 20. The van der Waals surface area contributed by atoms with Crippen molar-refractivity contribution >= 4 is 23.9 Å². The van der Waals surface area contributed by atoms with Crippen molar-refractivity contribution in [3.05, 3.63) is 300 Å². The van der Waals surface area contributed by atoms with Crippen LogP contribution in [0.15, 0.2) is 255 Å². The molecule has 1 N–H and O–H groups in total. The summed E-state index contributed by atoms with van der Waals surface area (Å²) < 4.78 is 141. The molecule has 12 rings (SSSR count). The van der Waals surface area contributed by atoms with E-state index >= 15 is 9.59 Å². The van der Waals surface area contributed by atoms with E-state index in [0.29, 0.717) is 12.8 Å². The van der Waals surface area contributed by atoms with Gasteiger partial charge >= 0.3 is 23.9 Å². The average molecular weight is 1790 g/mol. The molecule has 0 aliphatic carbocycles. The summed E-state index contributed by atoms with van der Waals surface area (Å²) in [7, 11) is 0. The molecule has 25 nitrogen and oxygen atoms in total. The molecule has 4 heterocycles. The number of aliphatic hydroxyl groups is 1. The first kappa shape index (κ1) is 99.7. The first-order chi connectivity index (χ1) is 62.6. The van der Waals surface area contributed by atoms with Gasteiger partial charge in [0, 0.05) is 0 Å². The largest absolute Gasteiger partial charge is 0.454 e. The standard InChI is InChI=1S/C105H130O25/c1-14-15-40-57-111-94-90(127-98(107)102(2,3)4)87(117-64-75-51-34-21-35-52-75)83(113-60-71-43-26-17-27-44-71)79(124-94)67-121-96-92(129-100(109)104(8,9)10)89(119-66-77-55-38-23-39-56-77)85(115-62-73-47-30-19-31-48-73)81(126-96)69-122-97-93(130-101(110)105(11,12)13)88(118-65-76-53-36-22-37-54-76)84(114-61-72-45-28-18-29-46-72)80(125-97)68-120-95-91(128-99(108)103(5,6)7)86(116-63-74-49-32-20-33-50-74)82(78(58-106)123-95)112-59-70-41-24-16-25-42-70/h14,16-39,41-56,78-97,106H,1,15,40,57-69H2,2-13H3. The van der Waals surface area contributed by atoms with Gasteiger partial charge in [0.2, 0.25) is 0 Å². The van der Waals surface area contributed by atoms with E-state index in [1.165, 1.54) is 0 Å². The van der Waals surface area contributed by atoms with Crippen LogP contribution in [-0.2, 0) is 167 Å². The van der Waals surface area contributed by atoms with E-state index in [1.54, 1.807) is 89.2 Å². The molecule has 0 bridgehead atoms. The molecule has 0 aromatic heterocycles. The second kappa shape index (κ2) is 48.4. The number of benzene rings is 8. The molecule has 0 amide bonds. The number of carbonyl (C=O) groups excluding carboxylic acids is 4. The second-order valence-electron chi connectivity index (χ2n) is 37.2. The molecule has 4 aliphatic rings. The molecule has 4 aliphatic heterocycles. The van der Waals surface area contributed by atoms with Crippen molar-refractivity contribution in [1.82, 2.24) is 0 Å². The van der Waals surface area contributed by atoms with Crippen LogP contribution >= 0.6 is 0 Å². The Labute approximate surface area is 765 Å². The minimum absolute atomic E-state index is 0.0226. The lowest BCUT2D eigenvalue weighted by atomic mass is 9.94. The van der Waals surface area contributed by atoms with E-state index in [-0.39, 0.29) is 59.5 Å². The Morgan fingerprint density at radius 3 is 0.646 bits per heavy atom. The van der Waals surface area contributed by atoms with E-state index in [1.807, 2.05) is 243 Å². The fourth-order valence-electron chi connectivity index (χ4n) is 15.0. The minimum atomic E-state index is -1.64. The van der Waals surface area contributed by atoms with Crippen LogP contribution < -0.4 is 0 Å². The Kier molecular flexibility index (Phi) is 37.1. The van der Waals surface area contributed by atoms with Gasteiger partial charge in [0.15, 0.2) is 49.6 Å². The van der Waals surface area contributed by atoms with Gasteiger partial charge in [-0.15, -0.1) is 6.58 Å². The summed E-state index contributed by atoms with van der Waals surface area (Å²) in [4.78, 5) is 59.4. The maximum Gasteiger partial charge on any atom is 0.311 e. The van der Waals surface area contributed by atoms with Gasteiger partial charge in [0.1, 0.15) is 73.2 Å². The van der Waals surface area contributed by atoms with E-state index in [2.05, 4.69) is 6.58 Å². The van der Waals surface area contributed by atoms with Crippen LogP contribution in [0.1, 0.15) is 140 Å². The lowest BCUT2D eigenvalue weighted by Crippen LogP contribution is -2.66. The van der Waals surface area contributed by atoms with Gasteiger partial charge in [0.25, 0.3) is 0 Å². The summed E-state index contributed by atoms with van der Waals surface area (Å²) in [5.74, 6) is -2.46. The third kappa shape index (κ3) is 29.1. The van der Waals surface area contributed by atoms with Gasteiger partial charge in [-0.05, 0) is 140 Å². The van der Waals surface area contributed by atoms with Gasteiger partial charge in [-0.1, -0.05) is 249 Å². The summed E-state index contributed by atoms with van der Waals surface area (Å²) in [6, 6.07) is 76.0. The fraction of sp³-hybridized carbons (Fsp3) is 0.486. The predicted molar refractivity (Wildman–Crippen MR) is 482 cm³/mol. The van der Waals surface area contributed by atoms with Gasteiger partial charge in [-0.3, -0.25) is 19.2 Å². The molecule has 8 aromatic carbocycles. The maximum atomic E-state index is 15.2. The van der Waals surface area contributed by atoms with Gasteiger partial charge in [0.05, 0.1) is 108 Å². The van der Waals surface area contributed by atoms with Crippen molar-refractivity contribution < 1.29 is 119 Å². The second-order valence-corrected chi connectivity index (χ2v) is 37.2. The zero-order valence-corrected chi connectivity index (χ0v) is 76.8. The SMILES string of the molecule is C=CCCCOC1OC(COC2OC(COC3OC(COC4OC(CO)C(OCc5ccccc5)C(OCc5ccccc5)C4OC(=O)C(C)(C)C)C(OCc4ccccc4)C(OCc4ccccc4)C3OC(=O)C(C)(C)C)C(OCc3ccccc3)C(OCc3ccccc3)C2OC(=O)C(C)(C)C)C(OCc2ccccc2)C(OCc2ccccc2)C1OC(=O)C(C)(C)C. The number of allylic oxidation sites excluding steroid dienone is 1. The Morgan fingerprint density at radius 2 is 0.454 bits per heavy atom. The highest BCUT2D eigenvalue weighted by atomic mass is 16.8. The first-order valence-corrected chi connectivity index (χ1v) is 45.0. The Morgan fingerprint density at radius 1 is 0.269 bits per heavy atom. The molecule has 20 unspecified atom stereocenters. The van der Waals surface area contributed by atoms with Crippen LogP contribution in [0, 0.1) is 21.7 Å². The molecule has 700 valence electrons. The van der Waals surface area contributed by atoms with Gasteiger partial charge < -0.3 is 99.8 Å². The zero-order valence-electron chi connectivity index (χ0n) is 76.8. The van der Waals surface area contributed by atoms with Crippen LogP contribution in [0.3, 0.4) is 0 Å². The van der Waals surface area contributed by atoms with Crippen LogP contribution in [-0.4, -0.2) is 185 Å². The van der Waals surface area contributed by atoms with E-state index in [0.717, 1.165) is 44.5 Å². The first-order valence-electron chi connectivity index (χ1n) is 45.0. The van der Waals surface area contributed by atoms with Crippen LogP contribution in [0.4, 0.5) is 0 Å². The van der Waals surface area contributed by atoms with Gasteiger partial charge in [-0.25, -0.2) is 0 Å². The summed E-state index contributed by atoms with van der Waals surface area (Å²) in [5.41, 5.74) is 1.94.